The summed E-state index contributed by atoms with van der Waals surface area (Å²) in [6.45, 7) is 3.66. The first kappa shape index (κ1) is 15.7. The minimum atomic E-state index is 0.0647. The van der Waals surface area contributed by atoms with Gasteiger partial charge in [-0.05, 0) is 30.9 Å². The van der Waals surface area contributed by atoms with Crippen LogP contribution in [0.4, 0.5) is 0 Å². The van der Waals surface area contributed by atoms with E-state index in [9.17, 15) is 4.79 Å². The van der Waals surface area contributed by atoms with E-state index in [1.165, 1.54) is 19.3 Å². The van der Waals surface area contributed by atoms with Crippen LogP contribution in [0.25, 0.3) is 0 Å². The molecule has 1 amide bonds. The second kappa shape index (κ2) is 7.40. The molecule has 2 heterocycles. The molecule has 1 aromatic heterocycles. The molecule has 2 aromatic rings. The van der Waals surface area contributed by atoms with Crippen molar-refractivity contribution in [3.63, 3.8) is 0 Å². The summed E-state index contributed by atoms with van der Waals surface area (Å²) < 4.78 is 2.24. The molecule has 0 aliphatic carbocycles. The van der Waals surface area contributed by atoms with Crippen LogP contribution in [0.2, 0.25) is 0 Å². The van der Waals surface area contributed by atoms with Crippen molar-refractivity contribution in [3.05, 3.63) is 47.0 Å². The van der Waals surface area contributed by atoms with Crippen LogP contribution < -0.4 is 5.32 Å². The average molecular weight is 312 g/mol. The van der Waals surface area contributed by atoms with Crippen LogP contribution in [0.1, 0.15) is 42.0 Å². The van der Waals surface area contributed by atoms with Crippen molar-refractivity contribution in [2.75, 3.05) is 6.54 Å². The van der Waals surface area contributed by atoms with Crippen LogP contribution in [0.15, 0.2) is 24.3 Å². The van der Waals surface area contributed by atoms with Crippen molar-refractivity contribution in [3.8, 4) is 0 Å². The van der Waals surface area contributed by atoms with Gasteiger partial charge in [0.2, 0.25) is 5.91 Å². The number of hydrogen-bond donors (Lipinski definition) is 1. The average Bonchev–Trinajstić information content (AvgIpc) is 2.78. The smallest absolute Gasteiger partial charge is 0.224 e. The van der Waals surface area contributed by atoms with E-state index >= 15 is 0 Å². The molecule has 0 fully saturated rings. The Morgan fingerprint density at radius 1 is 1.22 bits per heavy atom. The first-order valence-electron chi connectivity index (χ1n) is 8.46. The monoisotopic (exact) mass is 312 g/mol. The van der Waals surface area contributed by atoms with Gasteiger partial charge < -0.3 is 9.88 Å². The van der Waals surface area contributed by atoms with Gasteiger partial charge in [-0.2, -0.15) is 0 Å². The van der Waals surface area contributed by atoms with E-state index in [4.69, 9.17) is 0 Å². The van der Waals surface area contributed by atoms with Crippen molar-refractivity contribution < 1.29 is 4.79 Å². The molecule has 1 N–H and O–H groups in total. The maximum Gasteiger partial charge on any atom is 0.224 e. The molecule has 5 nitrogen and oxygen atoms in total. The quantitative estimate of drug-likeness (QED) is 0.921. The standard InChI is InChI=1S/C18H24N4O/c1-14-7-4-5-8-15(14)13-18(23)19-11-10-17-21-20-16-9-3-2-6-12-22(16)17/h4-5,7-8H,2-3,6,9-13H2,1H3,(H,19,23). The predicted molar refractivity (Wildman–Crippen MR) is 89.2 cm³/mol. The van der Waals surface area contributed by atoms with Gasteiger partial charge in [-0.25, -0.2) is 0 Å². The summed E-state index contributed by atoms with van der Waals surface area (Å²) in [6, 6.07) is 8.01. The number of carbonyl (C=O) groups excluding carboxylic acids is 1. The molecule has 122 valence electrons. The highest BCUT2D eigenvalue weighted by Gasteiger charge is 2.14. The highest BCUT2D eigenvalue weighted by atomic mass is 16.1. The maximum atomic E-state index is 12.1. The number of hydrogen-bond acceptors (Lipinski definition) is 3. The topological polar surface area (TPSA) is 59.8 Å². The number of rotatable bonds is 5. The lowest BCUT2D eigenvalue weighted by Crippen LogP contribution is -2.28. The number of aromatic nitrogens is 3. The fraction of sp³-hybridized carbons (Fsp3) is 0.500. The molecule has 0 bridgehead atoms. The van der Waals surface area contributed by atoms with E-state index in [0.29, 0.717) is 13.0 Å². The number of carbonyl (C=O) groups is 1. The number of amides is 1. The van der Waals surface area contributed by atoms with E-state index in [1.807, 2.05) is 31.2 Å². The lowest BCUT2D eigenvalue weighted by molar-refractivity contribution is -0.120. The predicted octanol–water partition coefficient (Wildman–Crippen LogP) is 2.21. The van der Waals surface area contributed by atoms with Gasteiger partial charge in [0.05, 0.1) is 6.42 Å². The van der Waals surface area contributed by atoms with Crippen molar-refractivity contribution in [1.82, 2.24) is 20.1 Å². The third-order valence-corrected chi connectivity index (χ3v) is 4.47. The Hall–Kier alpha value is -2.17. The molecule has 23 heavy (non-hydrogen) atoms. The molecule has 0 saturated heterocycles. The van der Waals surface area contributed by atoms with E-state index in [1.54, 1.807) is 0 Å². The molecule has 0 radical (unpaired) electrons. The Bertz CT molecular complexity index is 677. The molecular weight excluding hydrogens is 288 g/mol. The summed E-state index contributed by atoms with van der Waals surface area (Å²) >= 11 is 0. The van der Waals surface area contributed by atoms with Gasteiger partial charge in [-0.1, -0.05) is 30.7 Å². The first-order chi connectivity index (χ1) is 11.2. The van der Waals surface area contributed by atoms with Gasteiger partial charge in [-0.15, -0.1) is 10.2 Å². The van der Waals surface area contributed by atoms with Gasteiger partial charge in [0, 0.05) is 25.9 Å². The second-order valence-electron chi connectivity index (χ2n) is 6.20. The zero-order chi connectivity index (χ0) is 16.1. The van der Waals surface area contributed by atoms with Crippen LogP contribution in [0.3, 0.4) is 0 Å². The molecule has 0 unspecified atom stereocenters. The Labute approximate surface area is 137 Å². The number of nitrogens with one attached hydrogen (secondary N) is 1. The summed E-state index contributed by atoms with van der Waals surface area (Å²) in [5.74, 6) is 2.16. The molecule has 3 rings (SSSR count). The zero-order valence-electron chi connectivity index (χ0n) is 13.7. The summed E-state index contributed by atoms with van der Waals surface area (Å²) in [4.78, 5) is 12.1. The molecule has 1 aliphatic heterocycles. The Balaban J connectivity index is 1.51. The van der Waals surface area contributed by atoms with Crippen LogP contribution in [-0.4, -0.2) is 27.2 Å². The van der Waals surface area contributed by atoms with Crippen LogP contribution >= 0.6 is 0 Å². The second-order valence-corrected chi connectivity index (χ2v) is 6.20. The van der Waals surface area contributed by atoms with Crippen molar-refractivity contribution in [2.45, 2.75) is 52.0 Å². The molecule has 1 aromatic carbocycles. The van der Waals surface area contributed by atoms with Gasteiger partial charge in [0.15, 0.2) is 0 Å². The molecule has 0 atom stereocenters. The van der Waals surface area contributed by atoms with Crippen molar-refractivity contribution >= 4 is 5.91 Å². The fourth-order valence-corrected chi connectivity index (χ4v) is 3.09. The Morgan fingerprint density at radius 2 is 2.09 bits per heavy atom. The van der Waals surface area contributed by atoms with Crippen molar-refractivity contribution in [2.24, 2.45) is 0 Å². The van der Waals surface area contributed by atoms with Crippen LogP contribution in [0, 0.1) is 6.92 Å². The highest BCUT2D eigenvalue weighted by Crippen LogP contribution is 2.14. The largest absolute Gasteiger partial charge is 0.355 e. The maximum absolute atomic E-state index is 12.1. The third-order valence-electron chi connectivity index (χ3n) is 4.47. The van der Waals surface area contributed by atoms with Gasteiger partial charge in [0.1, 0.15) is 11.6 Å². The summed E-state index contributed by atoms with van der Waals surface area (Å²) in [5.41, 5.74) is 2.24. The first-order valence-corrected chi connectivity index (χ1v) is 8.46. The molecule has 1 aliphatic rings. The summed E-state index contributed by atoms with van der Waals surface area (Å²) in [6.07, 6.45) is 5.85. The zero-order valence-corrected chi connectivity index (χ0v) is 13.7. The van der Waals surface area contributed by atoms with E-state index in [-0.39, 0.29) is 5.91 Å². The molecular formula is C18H24N4O. The van der Waals surface area contributed by atoms with Gasteiger partial charge in [-0.3, -0.25) is 4.79 Å². The van der Waals surface area contributed by atoms with E-state index < -0.39 is 0 Å². The van der Waals surface area contributed by atoms with Gasteiger partial charge in [0.25, 0.3) is 0 Å². The normalized spacial score (nSPS) is 14.1. The molecule has 5 heteroatoms. The minimum absolute atomic E-state index is 0.0647. The molecule has 0 saturated carbocycles. The number of nitrogens with zero attached hydrogens (tertiary/aromatic N) is 3. The lowest BCUT2D eigenvalue weighted by Gasteiger charge is -2.09. The molecule has 0 spiro atoms. The van der Waals surface area contributed by atoms with Crippen LogP contribution in [-0.2, 0) is 30.6 Å². The van der Waals surface area contributed by atoms with E-state index in [2.05, 4.69) is 20.1 Å². The number of fused-ring (bicyclic) bond motifs is 1. The van der Waals surface area contributed by atoms with Gasteiger partial charge >= 0.3 is 0 Å². The summed E-state index contributed by atoms with van der Waals surface area (Å²) in [5, 5.41) is 11.6. The Morgan fingerprint density at radius 3 is 2.96 bits per heavy atom. The minimum Gasteiger partial charge on any atom is -0.355 e. The lowest BCUT2D eigenvalue weighted by atomic mass is 10.1. The van der Waals surface area contributed by atoms with Crippen molar-refractivity contribution in [1.29, 1.82) is 0 Å². The van der Waals surface area contributed by atoms with E-state index in [0.717, 1.165) is 42.2 Å². The fourth-order valence-electron chi connectivity index (χ4n) is 3.09. The Kier molecular flexibility index (Phi) is 5.05. The number of benzene rings is 1. The third kappa shape index (κ3) is 3.97. The number of aryl methyl sites for hydroxylation is 2. The summed E-state index contributed by atoms with van der Waals surface area (Å²) in [7, 11) is 0. The van der Waals surface area contributed by atoms with Crippen LogP contribution in [0.5, 0.6) is 0 Å². The highest BCUT2D eigenvalue weighted by molar-refractivity contribution is 5.78. The SMILES string of the molecule is Cc1ccccc1CC(=O)NCCc1nnc2n1CCCCC2.